The number of aromatic nitrogens is 1. The summed E-state index contributed by atoms with van der Waals surface area (Å²) >= 11 is 1.27. The number of benzene rings is 1. The van der Waals surface area contributed by atoms with E-state index < -0.39 is 0 Å². The van der Waals surface area contributed by atoms with Crippen LogP contribution in [0, 0.1) is 0 Å². The second-order valence-electron chi connectivity index (χ2n) is 6.12. The standard InChI is InChI=1S/C19H22N4O2S/c1-15(24)20-19-21-17(14-26-19)18(25)23-12-10-22(11-13-23)9-5-8-16-6-3-2-4-7-16/h2-8,14H,9-13H2,1H3,(H,20,21,24). The lowest BCUT2D eigenvalue weighted by molar-refractivity contribution is -0.114. The van der Waals surface area contributed by atoms with Crippen LogP contribution in [0.5, 0.6) is 0 Å². The number of anilines is 1. The van der Waals surface area contributed by atoms with Crippen molar-refractivity contribution in [3.8, 4) is 0 Å². The Balaban J connectivity index is 1.47. The van der Waals surface area contributed by atoms with Crippen LogP contribution in [-0.2, 0) is 4.79 Å². The normalized spacial score (nSPS) is 15.3. The number of carbonyl (C=O) groups is 2. The largest absolute Gasteiger partial charge is 0.335 e. The van der Waals surface area contributed by atoms with Gasteiger partial charge in [-0.3, -0.25) is 14.5 Å². The van der Waals surface area contributed by atoms with Crippen LogP contribution in [0.25, 0.3) is 6.08 Å². The van der Waals surface area contributed by atoms with Crippen LogP contribution in [-0.4, -0.2) is 59.3 Å². The van der Waals surface area contributed by atoms with Gasteiger partial charge in [-0.1, -0.05) is 42.5 Å². The van der Waals surface area contributed by atoms with E-state index in [-0.39, 0.29) is 11.8 Å². The summed E-state index contributed by atoms with van der Waals surface area (Å²) in [5.41, 5.74) is 1.59. The molecule has 0 saturated carbocycles. The number of amides is 2. The highest BCUT2D eigenvalue weighted by Gasteiger charge is 2.23. The summed E-state index contributed by atoms with van der Waals surface area (Å²) in [5.74, 6) is -0.257. The number of hydrogen-bond donors (Lipinski definition) is 1. The van der Waals surface area contributed by atoms with Crippen molar-refractivity contribution in [1.29, 1.82) is 0 Å². The average Bonchev–Trinajstić information content (AvgIpc) is 3.10. The topological polar surface area (TPSA) is 65.5 Å². The summed E-state index contributed by atoms with van der Waals surface area (Å²) in [5, 5.41) is 4.77. The van der Waals surface area contributed by atoms with Gasteiger partial charge in [0.1, 0.15) is 5.69 Å². The summed E-state index contributed by atoms with van der Waals surface area (Å²) in [6.07, 6.45) is 4.28. The maximum Gasteiger partial charge on any atom is 0.273 e. The molecule has 0 bridgehead atoms. The lowest BCUT2D eigenvalue weighted by Gasteiger charge is -2.33. The van der Waals surface area contributed by atoms with Gasteiger partial charge >= 0.3 is 0 Å². The first-order chi connectivity index (χ1) is 12.6. The molecule has 1 aromatic heterocycles. The van der Waals surface area contributed by atoms with Crippen LogP contribution in [0.2, 0.25) is 0 Å². The molecule has 0 spiro atoms. The van der Waals surface area contributed by atoms with E-state index in [0.717, 1.165) is 19.6 Å². The monoisotopic (exact) mass is 370 g/mol. The van der Waals surface area contributed by atoms with Gasteiger partial charge in [0.2, 0.25) is 5.91 Å². The Morgan fingerprint density at radius 1 is 1.19 bits per heavy atom. The summed E-state index contributed by atoms with van der Waals surface area (Å²) < 4.78 is 0. The fourth-order valence-corrected chi connectivity index (χ4v) is 3.51. The third kappa shape index (κ3) is 5.00. The van der Waals surface area contributed by atoms with E-state index in [2.05, 4.69) is 39.5 Å². The molecule has 7 heteroatoms. The fraction of sp³-hybridized carbons (Fsp3) is 0.316. The second-order valence-corrected chi connectivity index (χ2v) is 6.98. The Bertz CT molecular complexity index is 780. The van der Waals surface area contributed by atoms with E-state index in [0.29, 0.717) is 23.9 Å². The quantitative estimate of drug-likeness (QED) is 0.879. The van der Waals surface area contributed by atoms with Crippen molar-refractivity contribution >= 4 is 34.4 Å². The molecule has 136 valence electrons. The lowest BCUT2D eigenvalue weighted by atomic mass is 10.2. The fourth-order valence-electron chi connectivity index (χ4n) is 2.78. The third-order valence-electron chi connectivity index (χ3n) is 4.14. The highest BCUT2D eigenvalue weighted by atomic mass is 32.1. The first-order valence-corrected chi connectivity index (χ1v) is 9.46. The molecule has 0 atom stereocenters. The number of nitrogens with one attached hydrogen (secondary N) is 1. The molecular formula is C19H22N4O2S. The van der Waals surface area contributed by atoms with Gasteiger partial charge in [-0.2, -0.15) is 0 Å². The van der Waals surface area contributed by atoms with Gasteiger partial charge in [0.15, 0.2) is 5.13 Å². The molecule has 1 saturated heterocycles. The van der Waals surface area contributed by atoms with Crippen molar-refractivity contribution in [2.45, 2.75) is 6.92 Å². The molecule has 1 N–H and O–H groups in total. The molecule has 3 rings (SSSR count). The Kier molecular flexibility index (Phi) is 6.14. The predicted molar refractivity (Wildman–Crippen MR) is 104 cm³/mol. The Morgan fingerprint density at radius 3 is 2.62 bits per heavy atom. The van der Waals surface area contributed by atoms with Gasteiger partial charge in [-0.15, -0.1) is 11.3 Å². The molecule has 0 aliphatic carbocycles. The number of carbonyl (C=O) groups excluding carboxylic acids is 2. The highest BCUT2D eigenvalue weighted by Crippen LogP contribution is 2.17. The molecule has 6 nitrogen and oxygen atoms in total. The van der Waals surface area contributed by atoms with Crippen molar-refractivity contribution < 1.29 is 9.59 Å². The third-order valence-corrected chi connectivity index (χ3v) is 4.90. The molecule has 26 heavy (non-hydrogen) atoms. The van der Waals surface area contributed by atoms with Crippen molar-refractivity contribution in [3.63, 3.8) is 0 Å². The molecular weight excluding hydrogens is 348 g/mol. The summed E-state index contributed by atoms with van der Waals surface area (Å²) in [4.78, 5) is 31.9. The van der Waals surface area contributed by atoms with E-state index in [1.54, 1.807) is 5.38 Å². The Morgan fingerprint density at radius 2 is 1.92 bits per heavy atom. The first kappa shape index (κ1) is 18.3. The summed E-state index contributed by atoms with van der Waals surface area (Å²) in [6.45, 7) is 5.35. The number of hydrogen-bond acceptors (Lipinski definition) is 5. The minimum absolute atomic E-state index is 0.0719. The zero-order valence-electron chi connectivity index (χ0n) is 14.7. The van der Waals surface area contributed by atoms with Crippen molar-refractivity contribution in [2.75, 3.05) is 38.0 Å². The van der Waals surface area contributed by atoms with Gasteiger partial charge in [-0.25, -0.2) is 4.98 Å². The lowest BCUT2D eigenvalue weighted by Crippen LogP contribution is -2.48. The molecule has 2 heterocycles. The van der Waals surface area contributed by atoms with Crippen LogP contribution in [0.4, 0.5) is 5.13 Å². The zero-order valence-corrected chi connectivity index (χ0v) is 15.5. The Hall–Kier alpha value is -2.51. The number of thiazole rings is 1. The smallest absolute Gasteiger partial charge is 0.273 e. The van der Waals surface area contributed by atoms with Crippen LogP contribution >= 0.6 is 11.3 Å². The molecule has 2 amide bonds. The zero-order chi connectivity index (χ0) is 18.4. The van der Waals surface area contributed by atoms with Crippen LogP contribution in [0.15, 0.2) is 41.8 Å². The van der Waals surface area contributed by atoms with Crippen molar-refractivity contribution in [3.05, 3.63) is 53.0 Å². The molecule has 0 radical (unpaired) electrons. The summed E-state index contributed by atoms with van der Waals surface area (Å²) in [6, 6.07) is 10.2. The van der Waals surface area contributed by atoms with E-state index in [4.69, 9.17) is 0 Å². The van der Waals surface area contributed by atoms with Gasteiger partial charge in [0.25, 0.3) is 5.91 Å². The van der Waals surface area contributed by atoms with E-state index in [9.17, 15) is 9.59 Å². The second kappa shape index (κ2) is 8.73. The predicted octanol–water partition coefficient (Wildman–Crippen LogP) is 2.57. The maximum atomic E-state index is 12.5. The van der Waals surface area contributed by atoms with Crippen LogP contribution in [0.3, 0.4) is 0 Å². The molecule has 0 unspecified atom stereocenters. The first-order valence-electron chi connectivity index (χ1n) is 8.58. The molecule has 1 aromatic carbocycles. The van der Waals surface area contributed by atoms with E-state index >= 15 is 0 Å². The van der Waals surface area contributed by atoms with Crippen LogP contribution in [0.1, 0.15) is 23.0 Å². The van der Waals surface area contributed by atoms with Crippen LogP contribution < -0.4 is 5.32 Å². The molecule has 1 aliphatic rings. The number of nitrogens with zero attached hydrogens (tertiary/aromatic N) is 3. The Labute approximate surface area is 157 Å². The van der Waals surface area contributed by atoms with E-state index in [1.807, 2.05) is 23.1 Å². The highest BCUT2D eigenvalue weighted by molar-refractivity contribution is 7.14. The SMILES string of the molecule is CC(=O)Nc1nc(C(=O)N2CCN(CC=Cc3ccccc3)CC2)cs1. The minimum atomic E-state index is -0.185. The molecule has 1 fully saturated rings. The maximum absolute atomic E-state index is 12.5. The number of piperazine rings is 1. The van der Waals surface area contributed by atoms with E-state index in [1.165, 1.54) is 23.8 Å². The van der Waals surface area contributed by atoms with Crippen molar-refractivity contribution in [2.24, 2.45) is 0 Å². The molecule has 1 aliphatic heterocycles. The van der Waals surface area contributed by atoms with Crippen molar-refractivity contribution in [1.82, 2.24) is 14.8 Å². The minimum Gasteiger partial charge on any atom is -0.335 e. The van der Waals surface area contributed by atoms with Gasteiger partial charge in [-0.05, 0) is 5.56 Å². The van der Waals surface area contributed by atoms with Gasteiger partial charge < -0.3 is 10.2 Å². The number of rotatable bonds is 5. The molecule has 2 aromatic rings. The summed E-state index contributed by atoms with van der Waals surface area (Å²) in [7, 11) is 0. The average molecular weight is 370 g/mol. The van der Waals surface area contributed by atoms with Gasteiger partial charge in [0.05, 0.1) is 0 Å². The van der Waals surface area contributed by atoms with Gasteiger partial charge in [0, 0.05) is 45.0 Å².